The normalized spacial score (nSPS) is 30.4. The van der Waals surface area contributed by atoms with Crippen molar-refractivity contribution in [3.05, 3.63) is 0 Å². The van der Waals surface area contributed by atoms with Gasteiger partial charge in [-0.25, -0.2) is 0 Å². The van der Waals surface area contributed by atoms with Gasteiger partial charge in [0, 0.05) is 19.1 Å². The Bertz CT molecular complexity index is 189. The Morgan fingerprint density at radius 3 is 2.80 bits per heavy atom. The molecule has 1 N–H and O–H groups in total. The van der Waals surface area contributed by atoms with Crippen LogP contribution >= 0.6 is 0 Å². The van der Waals surface area contributed by atoms with E-state index in [0.29, 0.717) is 0 Å². The second kappa shape index (κ2) is 5.31. The molecule has 0 amide bonds. The van der Waals surface area contributed by atoms with Gasteiger partial charge in [0.15, 0.2) is 0 Å². The molecule has 2 rings (SSSR count). The van der Waals surface area contributed by atoms with E-state index in [1.54, 1.807) is 0 Å². The monoisotopic (exact) mass is 210 g/mol. The average molecular weight is 210 g/mol. The summed E-state index contributed by atoms with van der Waals surface area (Å²) in [5.41, 5.74) is 0. The third kappa shape index (κ3) is 4.12. The molecule has 1 heterocycles. The molecule has 0 bridgehead atoms. The second-order valence-corrected chi connectivity index (χ2v) is 5.79. The van der Waals surface area contributed by atoms with Crippen LogP contribution in [-0.2, 0) is 0 Å². The van der Waals surface area contributed by atoms with Crippen LogP contribution in [0.4, 0.5) is 0 Å². The Morgan fingerprint density at radius 1 is 1.33 bits per heavy atom. The highest BCUT2D eigenvalue weighted by Crippen LogP contribution is 2.19. The van der Waals surface area contributed by atoms with Gasteiger partial charge in [0.2, 0.25) is 0 Å². The van der Waals surface area contributed by atoms with Crippen LogP contribution in [0.15, 0.2) is 0 Å². The van der Waals surface area contributed by atoms with Crippen LogP contribution in [0, 0.1) is 11.8 Å². The summed E-state index contributed by atoms with van der Waals surface area (Å²) in [5, 5.41) is 3.63. The van der Waals surface area contributed by atoms with Crippen molar-refractivity contribution in [2.45, 2.75) is 45.6 Å². The van der Waals surface area contributed by atoms with Crippen LogP contribution in [0.3, 0.4) is 0 Å². The molecule has 88 valence electrons. The molecule has 0 aromatic heterocycles. The molecule has 2 aliphatic rings. The predicted octanol–water partition coefficient (Wildman–Crippen LogP) is 2.11. The molecular weight excluding hydrogens is 184 g/mol. The molecule has 2 nitrogen and oxygen atoms in total. The summed E-state index contributed by atoms with van der Waals surface area (Å²) in [7, 11) is 0. The minimum absolute atomic E-state index is 0.816. The molecule has 15 heavy (non-hydrogen) atoms. The smallest absolute Gasteiger partial charge is 0.00683 e. The van der Waals surface area contributed by atoms with E-state index in [4.69, 9.17) is 0 Å². The van der Waals surface area contributed by atoms with Crippen molar-refractivity contribution in [1.29, 1.82) is 0 Å². The molecule has 2 fully saturated rings. The van der Waals surface area contributed by atoms with E-state index < -0.39 is 0 Å². The summed E-state index contributed by atoms with van der Waals surface area (Å²) >= 11 is 0. The average Bonchev–Trinajstić information content (AvgIpc) is 2.98. The summed E-state index contributed by atoms with van der Waals surface area (Å²) in [6.45, 7) is 9.94. The molecule has 1 aliphatic carbocycles. The van der Waals surface area contributed by atoms with Crippen molar-refractivity contribution in [3.63, 3.8) is 0 Å². The number of nitrogens with one attached hydrogen (secondary N) is 1. The lowest BCUT2D eigenvalue weighted by molar-refractivity contribution is 0.162. The zero-order chi connectivity index (χ0) is 10.7. The third-order valence-electron chi connectivity index (χ3n) is 3.64. The fraction of sp³-hybridized carbons (Fsp3) is 1.00. The SMILES string of the molecule is CC1CCCN(CC(C)CNC2CC2)C1. The van der Waals surface area contributed by atoms with Crippen LogP contribution < -0.4 is 5.32 Å². The lowest BCUT2D eigenvalue weighted by Crippen LogP contribution is -2.39. The van der Waals surface area contributed by atoms with E-state index in [1.807, 2.05) is 0 Å². The predicted molar refractivity (Wildman–Crippen MR) is 65.0 cm³/mol. The van der Waals surface area contributed by atoms with E-state index in [1.165, 1.54) is 51.9 Å². The first-order valence-corrected chi connectivity index (χ1v) is 6.70. The van der Waals surface area contributed by atoms with Crippen LogP contribution in [0.1, 0.15) is 39.5 Å². The molecule has 1 aliphatic heterocycles. The minimum Gasteiger partial charge on any atom is -0.314 e. The van der Waals surface area contributed by atoms with E-state index in [2.05, 4.69) is 24.1 Å². The van der Waals surface area contributed by atoms with Gasteiger partial charge in [-0.2, -0.15) is 0 Å². The van der Waals surface area contributed by atoms with E-state index >= 15 is 0 Å². The zero-order valence-electron chi connectivity index (χ0n) is 10.3. The van der Waals surface area contributed by atoms with Gasteiger partial charge in [-0.3, -0.25) is 0 Å². The van der Waals surface area contributed by atoms with Crippen molar-refractivity contribution in [1.82, 2.24) is 10.2 Å². The van der Waals surface area contributed by atoms with Gasteiger partial charge in [-0.15, -0.1) is 0 Å². The van der Waals surface area contributed by atoms with E-state index in [-0.39, 0.29) is 0 Å². The van der Waals surface area contributed by atoms with Gasteiger partial charge in [-0.1, -0.05) is 13.8 Å². The van der Waals surface area contributed by atoms with Gasteiger partial charge in [0.25, 0.3) is 0 Å². The van der Waals surface area contributed by atoms with Crippen molar-refractivity contribution in [3.8, 4) is 0 Å². The highest BCUT2D eigenvalue weighted by molar-refractivity contribution is 4.82. The highest BCUT2D eigenvalue weighted by atomic mass is 15.1. The van der Waals surface area contributed by atoms with E-state index in [0.717, 1.165) is 17.9 Å². The maximum atomic E-state index is 3.63. The molecule has 2 atom stereocenters. The number of hydrogen-bond donors (Lipinski definition) is 1. The van der Waals surface area contributed by atoms with Gasteiger partial charge >= 0.3 is 0 Å². The standard InChI is InChI=1S/C13H26N2/c1-11-4-3-7-15(9-11)10-12(2)8-14-13-5-6-13/h11-14H,3-10H2,1-2H3. The lowest BCUT2D eigenvalue weighted by atomic mass is 9.99. The maximum Gasteiger partial charge on any atom is 0.00683 e. The van der Waals surface area contributed by atoms with Gasteiger partial charge < -0.3 is 10.2 Å². The summed E-state index contributed by atoms with van der Waals surface area (Å²) in [6, 6.07) is 0.868. The Hall–Kier alpha value is -0.0800. The Labute approximate surface area is 94.4 Å². The van der Waals surface area contributed by atoms with Crippen LogP contribution in [0.5, 0.6) is 0 Å². The Kier molecular flexibility index (Phi) is 4.04. The largest absolute Gasteiger partial charge is 0.314 e. The summed E-state index contributed by atoms with van der Waals surface area (Å²) in [5.74, 6) is 1.73. The number of nitrogens with zero attached hydrogens (tertiary/aromatic N) is 1. The number of likely N-dealkylation sites (tertiary alicyclic amines) is 1. The first kappa shape index (κ1) is 11.4. The van der Waals surface area contributed by atoms with Crippen LogP contribution in [-0.4, -0.2) is 37.1 Å². The summed E-state index contributed by atoms with van der Waals surface area (Å²) in [4.78, 5) is 2.66. The fourth-order valence-electron chi connectivity index (χ4n) is 2.61. The molecule has 0 spiro atoms. The van der Waals surface area contributed by atoms with Gasteiger partial charge in [0.05, 0.1) is 0 Å². The molecule has 0 aromatic rings. The summed E-state index contributed by atoms with van der Waals surface area (Å²) < 4.78 is 0. The molecule has 2 heteroatoms. The van der Waals surface area contributed by atoms with Crippen LogP contribution in [0.2, 0.25) is 0 Å². The zero-order valence-corrected chi connectivity index (χ0v) is 10.3. The molecule has 0 radical (unpaired) electrons. The maximum absolute atomic E-state index is 3.63. The van der Waals surface area contributed by atoms with Crippen LogP contribution in [0.25, 0.3) is 0 Å². The van der Waals surface area contributed by atoms with Crippen molar-refractivity contribution < 1.29 is 0 Å². The Morgan fingerprint density at radius 2 is 2.13 bits per heavy atom. The van der Waals surface area contributed by atoms with Gasteiger partial charge in [-0.05, 0) is 50.6 Å². The molecule has 0 aromatic carbocycles. The number of hydrogen-bond acceptors (Lipinski definition) is 2. The molecule has 2 unspecified atom stereocenters. The summed E-state index contributed by atoms with van der Waals surface area (Å²) in [6.07, 6.45) is 5.66. The molecule has 1 saturated carbocycles. The first-order chi connectivity index (χ1) is 7.24. The van der Waals surface area contributed by atoms with Crippen molar-refractivity contribution >= 4 is 0 Å². The topological polar surface area (TPSA) is 15.3 Å². The number of piperidine rings is 1. The Balaban J connectivity index is 1.61. The quantitative estimate of drug-likeness (QED) is 0.747. The molecule has 1 saturated heterocycles. The van der Waals surface area contributed by atoms with E-state index in [9.17, 15) is 0 Å². The first-order valence-electron chi connectivity index (χ1n) is 6.70. The highest BCUT2D eigenvalue weighted by Gasteiger charge is 2.22. The third-order valence-corrected chi connectivity index (χ3v) is 3.64. The van der Waals surface area contributed by atoms with Crippen molar-refractivity contribution in [2.75, 3.05) is 26.2 Å². The van der Waals surface area contributed by atoms with Gasteiger partial charge in [0.1, 0.15) is 0 Å². The minimum atomic E-state index is 0.816. The molecular formula is C13H26N2. The fourth-order valence-corrected chi connectivity index (χ4v) is 2.61. The number of rotatable bonds is 5. The second-order valence-electron chi connectivity index (χ2n) is 5.79. The lowest BCUT2D eigenvalue weighted by Gasteiger charge is -2.32. The van der Waals surface area contributed by atoms with Crippen molar-refractivity contribution in [2.24, 2.45) is 11.8 Å².